The van der Waals surface area contributed by atoms with Crippen LogP contribution < -0.4 is 5.73 Å². The van der Waals surface area contributed by atoms with E-state index in [9.17, 15) is 5.11 Å². The van der Waals surface area contributed by atoms with Crippen LogP contribution in [0.15, 0.2) is 18.2 Å². The third-order valence-electron chi connectivity index (χ3n) is 3.47. The van der Waals surface area contributed by atoms with E-state index in [2.05, 4.69) is 0 Å². The summed E-state index contributed by atoms with van der Waals surface area (Å²) in [5.41, 5.74) is 7.66. The van der Waals surface area contributed by atoms with Gasteiger partial charge in [0.25, 0.3) is 0 Å². The van der Waals surface area contributed by atoms with Crippen LogP contribution >= 0.6 is 0 Å². The van der Waals surface area contributed by atoms with Crippen molar-refractivity contribution in [2.75, 3.05) is 6.61 Å². The van der Waals surface area contributed by atoms with Crippen molar-refractivity contribution in [1.29, 1.82) is 0 Å². The van der Waals surface area contributed by atoms with Crippen molar-refractivity contribution >= 4 is 0 Å². The fourth-order valence-electron chi connectivity index (χ4n) is 2.48. The van der Waals surface area contributed by atoms with Gasteiger partial charge < -0.3 is 15.9 Å². The smallest absolute Gasteiger partial charge is 0.120 e. The van der Waals surface area contributed by atoms with E-state index in [1.807, 2.05) is 12.1 Å². The molecule has 0 bridgehead atoms. The molecule has 0 aliphatic heterocycles. The molecule has 1 aliphatic carbocycles. The van der Waals surface area contributed by atoms with Crippen molar-refractivity contribution in [2.45, 2.75) is 37.6 Å². The van der Waals surface area contributed by atoms with Crippen LogP contribution in [0.5, 0.6) is 5.75 Å². The summed E-state index contributed by atoms with van der Waals surface area (Å²) in [5, 5.41) is 18.7. The molecule has 3 heteroatoms. The lowest BCUT2D eigenvalue weighted by Crippen LogP contribution is -2.15. The van der Waals surface area contributed by atoms with Crippen LogP contribution in [0.25, 0.3) is 0 Å². The average Bonchev–Trinajstić information content (AvgIpc) is 2.82. The van der Waals surface area contributed by atoms with E-state index >= 15 is 0 Å². The van der Waals surface area contributed by atoms with Crippen LogP contribution in [-0.2, 0) is 0 Å². The predicted octanol–water partition coefficient (Wildman–Crippen LogP) is 2.04. The summed E-state index contributed by atoms with van der Waals surface area (Å²) in [5.74, 6) is 0.786. The number of phenolic OH excluding ortho intramolecular Hbond substituents is 1. The van der Waals surface area contributed by atoms with E-state index in [1.54, 1.807) is 6.07 Å². The number of benzene rings is 1. The Labute approximate surface area is 95.9 Å². The normalized spacial score (nSPS) is 18.9. The van der Waals surface area contributed by atoms with Crippen LogP contribution in [0, 0.1) is 0 Å². The first-order valence-electron chi connectivity index (χ1n) is 5.91. The van der Waals surface area contributed by atoms with Crippen LogP contribution in [-0.4, -0.2) is 16.8 Å². The van der Waals surface area contributed by atoms with E-state index in [1.165, 1.54) is 31.2 Å². The quantitative estimate of drug-likeness (QED) is 0.731. The van der Waals surface area contributed by atoms with Crippen LogP contribution in [0.1, 0.15) is 48.8 Å². The van der Waals surface area contributed by atoms with Crippen LogP contribution in [0.2, 0.25) is 0 Å². The zero-order chi connectivity index (χ0) is 11.5. The van der Waals surface area contributed by atoms with E-state index in [0.717, 1.165) is 0 Å². The van der Waals surface area contributed by atoms with Gasteiger partial charge >= 0.3 is 0 Å². The minimum Gasteiger partial charge on any atom is -0.508 e. The van der Waals surface area contributed by atoms with E-state index < -0.39 is 6.04 Å². The molecule has 1 aromatic carbocycles. The number of aliphatic hydroxyl groups is 1. The number of rotatable bonds is 3. The lowest BCUT2D eigenvalue weighted by molar-refractivity contribution is 0.265. The van der Waals surface area contributed by atoms with Crippen molar-refractivity contribution in [3.63, 3.8) is 0 Å². The fourth-order valence-corrected chi connectivity index (χ4v) is 2.48. The maximum Gasteiger partial charge on any atom is 0.120 e. The van der Waals surface area contributed by atoms with Gasteiger partial charge in [0.05, 0.1) is 12.6 Å². The molecule has 1 aromatic rings. The van der Waals surface area contributed by atoms with Gasteiger partial charge in [-0.15, -0.1) is 0 Å². The van der Waals surface area contributed by atoms with Gasteiger partial charge in [-0.05, 0) is 30.4 Å². The summed E-state index contributed by atoms with van der Waals surface area (Å²) in [6, 6.07) is 5.13. The summed E-state index contributed by atoms with van der Waals surface area (Å²) in [6.07, 6.45) is 5.01. The summed E-state index contributed by atoms with van der Waals surface area (Å²) >= 11 is 0. The first kappa shape index (κ1) is 11.4. The van der Waals surface area contributed by atoms with Gasteiger partial charge in [-0.2, -0.15) is 0 Å². The summed E-state index contributed by atoms with van der Waals surface area (Å²) in [7, 11) is 0. The van der Waals surface area contributed by atoms with E-state index in [-0.39, 0.29) is 12.4 Å². The molecule has 16 heavy (non-hydrogen) atoms. The van der Waals surface area contributed by atoms with Gasteiger partial charge in [-0.1, -0.05) is 25.0 Å². The molecule has 1 fully saturated rings. The average molecular weight is 221 g/mol. The molecule has 0 aromatic heterocycles. The van der Waals surface area contributed by atoms with Gasteiger partial charge in [0.15, 0.2) is 0 Å². The zero-order valence-corrected chi connectivity index (χ0v) is 9.39. The molecule has 0 amide bonds. The highest BCUT2D eigenvalue weighted by Crippen LogP contribution is 2.36. The highest BCUT2D eigenvalue weighted by molar-refractivity contribution is 5.39. The summed E-state index contributed by atoms with van der Waals surface area (Å²) in [6.45, 7) is -0.137. The molecule has 2 rings (SSSR count). The second-order valence-corrected chi connectivity index (χ2v) is 4.59. The number of aliphatic hydroxyl groups excluding tert-OH is 1. The Kier molecular flexibility index (Phi) is 3.46. The zero-order valence-electron chi connectivity index (χ0n) is 9.39. The number of hydrogen-bond acceptors (Lipinski definition) is 3. The van der Waals surface area contributed by atoms with Crippen molar-refractivity contribution in [3.8, 4) is 5.75 Å². The Morgan fingerprint density at radius 3 is 2.62 bits per heavy atom. The molecule has 1 atom stereocenters. The molecule has 0 heterocycles. The Bertz CT molecular complexity index is 359. The van der Waals surface area contributed by atoms with Crippen molar-refractivity contribution in [1.82, 2.24) is 0 Å². The van der Waals surface area contributed by atoms with E-state index in [4.69, 9.17) is 10.8 Å². The van der Waals surface area contributed by atoms with Crippen LogP contribution in [0.3, 0.4) is 0 Å². The molecular weight excluding hydrogens is 202 g/mol. The predicted molar refractivity (Wildman–Crippen MR) is 63.3 cm³/mol. The molecule has 4 N–H and O–H groups in total. The lowest BCUT2D eigenvalue weighted by Gasteiger charge is -2.15. The van der Waals surface area contributed by atoms with Crippen molar-refractivity contribution in [3.05, 3.63) is 29.3 Å². The second kappa shape index (κ2) is 4.85. The molecule has 0 radical (unpaired) electrons. The fraction of sp³-hybridized carbons (Fsp3) is 0.538. The van der Waals surface area contributed by atoms with Crippen LogP contribution in [0.4, 0.5) is 0 Å². The Hall–Kier alpha value is -1.06. The highest BCUT2D eigenvalue weighted by Gasteiger charge is 2.19. The number of hydrogen-bond donors (Lipinski definition) is 3. The number of phenols is 1. The van der Waals surface area contributed by atoms with E-state index in [0.29, 0.717) is 11.5 Å². The minimum absolute atomic E-state index is 0.137. The molecule has 0 saturated heterocycles. The lowest BCUT2D eigenvalue weighted by atomic mass is 9.94. The molecule has 3 nitrogen and oxygen atoms in total. The van der Waals surface area contributed by atoms with Gasteiger partial charge in [0, 0.05) is 5.56 Å². The minimum atomic E-state index is -0.485. The van der Waals surface area contributed by atoms with Gasteiger partial charge in [-0.25, -0.2) is 0 Å². The number of nitrogens with two attached hydrogens (primary N) is 1. The maximum atomic E-state index is 9.69. The summed E-state index contributed by atoms with van der Waals surface area (Å²) < 4.78 is 0. The maximum absolute atomic E-state index is 9.69. The van der Waals surface area contributed by atoms with Gasteiger partial charge in [0.1, 0.15) is 5.75 Å². The third-order valence-corrected chi connectivity index (χ3v) is 3.47. The molecule has 88 valence electrons. The summed E-state index contributed by atoms with van der Waals surface area (Å²) in [4.78, 5) is 0. The van der Waals surface area contributed by atoms with Crippen molar-refractivity contribution < 1.29 is 10.2 Å². The monoisotopic (exact) mass is 221 g/mol. The molecule has 0 spiro atoms. The third kappa shape index (κ3) is 2.20. The van der Waals surface area contributed by atoms with Gasteiger partial charge in [-0.3, -0.25) is 0 Å². The topological polar surface area (TPSA) is 66.5 Å². The van der Waals surface area contributed by atoms with Gasteiger partial charge in [0.2, 0.25) is 0 Å². The number of aromatic hydroxyl groups is 1. The molecule has 1 saturated carbocycles. The Morgan fingerprint density at radius 2 is 2.00 bits per heavy atom. The first-order chi connectivity index (χ1) is 7.72. The Balaban J connectivity index is 2.27. The molecular formula is C13H19NO2. The molecule has 1 aliphatic rings. The first-order valence-corrected chi connectivity index (χ1v) is 5.91. The van der Waals surface area contributed by atoms with Crippen molar-refractivity contribution in [2.24, 2.45) is 5.73 Å². The highest BCUT2D eigenvalue weighted by atomic mass is 16.3. The SMILES string of the molecule is N[C@@H](CO)c1cc(C2CCCC2)ccc1O. The largest absolute Gasteiger partial charge is 0.508 e. The Morgan fingerprint density at radius 1 is 1.31 bits per heavy atom. The standard InChI is InChI=1S/C13H19NO2/c14-12(8-15)11-7-10(5-6-13(11)16)9-3-1-2-4-9/h5-7,9,12,15-16H,1-4,8,14H2/t12-/m0/s1. The second-order valence-electron chi connectivity index (χ2n) is 4.59. The molecule has 0 unspecified atom stereocenters.